The summed E-state index contributed by atoms with van der Waals surface area (Å²) in [5.41, 5.74) is 9.31. The first-order chi connectivity index (χ1) is 8.61. The zero-order valence-corrected chi connectivity index (χ0v) is 12.1. The number of thiazole rings is 1. The molecule has 0 spiro atoms. The molecular weight excluding hydrogens is 240 g/mol. The van der Waals surface area contributed by atoms with E-state index in [1.807, 2.05) is 0 Å². The van der Waals surface area contributed by atoms with E-state index in [1.165, 1.54) is 16.0 Å². The highest BCUT2D eigenvalue weighted by atomic mass is 32.1. The number of nitrogens with two attached hydrogens (primary N) is 1. The number of nitrogens with zero attached hydrogens (tertiary/aromatic N) is 1. The Hall–Kier alpha value is -1.19. The molecule has 0 aliphatic heterocycles. The molecule has 0 bridgehead atoms. The molecular formula is C15H20N2S. The highest BCUT2D eigenvalue weighted by Gasteiger charge is 2.16. The smallest absolute Gasteiger partial charge is 0.0904 e. The van der Waals surface area contributed by atoms with Gasteiger partial charge < -0.3 is 5.73 Å². The van der Waals surface area contributed by atoms with Crippen LogP contribution in [0.25, 0.3) is 11.3 Å². The molecule has 2 nitrogen and oxygen atoms in total. The largest absolute Gasteiger partial charge is 0.330 e. The summed E-state index contributed by atoms with van der Waals surface area (Å²) < 4.78 is 0. The summed E-state index contributed by atoms with van der Waals surface area (Å²) >= 11 is 1.80. The molecule has 0 aliphatic rings. The van der Waals surface area contributed by atoms with Gasteiger partial charge in [0.1, 0.15) is 0 Å². The number of aromatic nitrogens is 1. The van der Waals surface area contributed by atoms with Crippen LogP contribution in [-0.4, -0.2) is 11.5 Å². The Morgan fingerprint density at radius 3 is 2.78 bits per heavy atom. The van der Waals surface area contributed by atoms with Crippen LogP contribution in [0.5, 0.6) is 0 Å². The van der Waals surface area contributed by atoms with Gasteiger partial charge in [-0.1, -0.05) is 30.7 Å². The van der Waals surface area contributed by atoms with Gasteiger partial charge in [-0.25, -0.2) is 4.98 Å². The summed E-state index contributed by atoms with van der Waals surface area (Å²) in [6.45, 7) is 7.15. The van der Waals surface area contributed by atoms with E-state index in [9.17, 15) is 0 Å². The Kier molecular flexibility index (Phi) is 4.15. The van der Waals surface area contributed by atoms with Crippen LogP contribution < -0.4 is 5.73 Å². The van der Waals surface area contributed by atoms with Crippen molar-refractivity contribution < 1.29 is 0 Å². The summed E-state index contributed by atoms with van der Waals surface area (Å²) in [4.78, 5) is 6.07. The van der Waals surface area contributed by atoms with Gasteiger partial charge in [-0.2, -0.15) is 0 Å². The summed E-state index contributed by atoms with van der Waals surface area (Å²) in [5.74, 6) is 0.483. The molecule has 1 unspecified atom stereocenters. The van der Waals surface area contributed by atoms with Crippen LogP contribution in [0.3, 0.4) is 0 Å². The fraction of sp³-hybridized carbons (Fsp3) is 0.400. The molecule has 0 radical (unpaired) electrons. The number of hydrogen-bond acceptors (Lipinski definition) is 3. The van der Waals surface area contributed by atoms with Crippen molar-refractivity contribution in [1.82, 2.24) is 4.98 Å². The number of rotatable bonds is 4. The molecule has 0 fully saturated rings. The van der Waals surface area contributed by atoms with Crippen molar-refractivity contribution in [2.24, 2.45) is 5.73 Å². The van der Waals surface area contributed by atoms with Gasteiger partial charge in [0.05, 0.1) is 10.7 Å². The van der Waals surface area contributed by atoms with E-state index in [1.54, 1.807) is 11.3 Å². The third kappa shape index (κ3) is 2.79. The van der Waals surface area contributed by atoms with Crippen LogP contribution in [0.15, 0.2) is 24.3 Å². The molecule has 0 aliphatic carbocycles. The van der Waals surface area contributed by atoms with Crippen molar-refractivity contribution in [2.75, 3.05) is 6.54 Å². The predicted molar refractivity (Wildman–Crippen MR) is 79.1 cm³/mol. The molecule has 0 saturated carbocycles. The molecule has 1 atom stereocenters. The van der Waals surface area contributed by atoms with Crippen molar-refractivity contribution >= 4 is 11.3 Å². The maximum absolute atomic E-state index is 5.67. The molecule has 0 amide bonds. The van der Waals surface area contributed by atoms with E-state index in [2.05, 4.69) is 45.0 Å². The second kappa shape index (κ2) is 5.63. The van der Waals surface area contributed by atoms with Gasteiger partial charge in [-0.15, -0.1) is 11.3 Å². The van der Waals surface area contributed by atoms with Crippen molar-refractivity contribution in [1.29, 1.82) is 0 Å². The summed E-state index contributed by atoms with van der Waals surface area (Å²) in [6.07, 6.45) is 1.01. The van der Waals surface area contributed by atoms with Crippen LogP contribution in [0, 0.1) is 13.8 Å². The minimum atomic E-state index is 0.483. The van der Waals surface area contributed by atoms with Crippen molar-refractivity contribution in [2.45, 2.75) is 33.1 Å². The van der Waals surface area contributed by atoms with Gasteiger partial charge >= 0.3 is 0 Å². The summed E-state index contributed by atoms with van der Waals surface area (Å²) in [6, 6.07) is 8.55. The van der Waals surface area contributed by atoms with Crippen LogP contribution in [0.1, 0.15) is 34.7 Å². The Balaban J connectivity index is 2.44. The van der Waals surface area contributed by atoms with Gasteiger partial charge in [0.25, 0.3) is 0 Å². The van der Waals surface area contributed by atoms with Gasteiger partial charge in [-0.3, -0.25) is 0 Å². The van der Waals surface area contributed by atoms with E-state index < -0.39 is 0 Å². The highest BCUT2D eigenvalue weighted by molar-refractivity contribution is 7.12. The SMILES string of the molecule is Cc1cccc(-c2nc(C)sc2C(C)CCN)c1. The average molecular weight is 260 g/mol. The van der Waals surface area contributed by atoms with Crippen LogP contribution >= 0.6 is 11.3 Å². The number of benzene rings is 1. The fourth-order valence-electron chi connectivity index (χ4n) is 2.16. The molecule has 2 rings (SSSR count). The maximum Gasteiger partial charge on any atom is 0.0904 e. The topological polar surface area (TPSA) is 38.9 Å². The van der Waals surface area contributed by atoms with E-state index in [4.69, 9.17) is 10.7 Å². The van der Waals surface area contributed by atoms with Crippen molar-refractivity contribution in [3.05, 3.63) is 39.7 Å². The molecule has 96 valence electrons. The Morgan fingerprint density at radius 2 is 2.11 bits per heavy atom. The Morgan fingerprint density at radius 1 is 1.33 bits per heavy atom. The zero-order valence-electron chi connectivity index (χ0n) is 11.2. The minimum Gasteiger partial charge on any atom is -0.330 e. The fourth-order valence-corrected chi connectivity index (χ4v) is 3.19. The third-order valence-corrected chi connectivity index (χ3v) is 4.30. The Bertz CT molecular complexity index is 531. The van der Waals surface area contributed by atoms with E-state index in [0.717, 1.165) is 23.7 Å². The van der Waals surface area contributed by atoms with Crippen molar-refractivity contribution in [3.63, 3.8) is 0 Å². The first kappa shape index (κ1) is 13.2. The molecule has 2 aromatic rings. The molecule has 1 heterocycles. The zero-order chi connectivity index (χ0) is 13.1. The molecule has 1 aromatic heterocycles. The standard InChI is InChI=1S/C15H20N2S/c1-10-5-4-6-13(9-10)14-15(11(2)7-8-16)18-12(3)17-14/h4-6,9,11H,7-8,16H2,1-3H3. The lowest BCUT2D eigenvalue weighted by atomic mass is 10.0. The predicted octanol–water partition coefficient (Wildman–Crippen LogP) is 3.88. The number of hydrogen-bond donors (Lipinski definition) is 1. The quantitative estimate of drug-likeness (QED) is 0.906. The van der Waals surface area contributed by atoms with Crippen LogP contribution in [0.2, 0.25) is 0 Å². The molecule has 1 aromatic carbocycles. The third-order valence-electron chi connectivity index (χ3n) is 3.10. The first-order valence-electron chi connectivity index (χ1n) is 6.36. The highest BCUT2D eigenvalue weighted by Crippen LogP contribution is 2.35. The molecule has 2 N–H and O–H groups in total. The monoisotopic (exact) mass is 260 g/mol. The lowest BCUT2D eigenvalue weighted by molar-refractivity contribution is 0.701. The molecule has 0 saturated heterocycles. The second-order valence-corrected chi connectivity index (χ2v) is 6.03. The van der Waals surface area contributed by atoms with Gasteiger partial charge in [0.15, 0.2) is 0 Å². The number of aryl methyl sites for hydroxylation is 2. The van der Waals surface area contributed by atoms with E-state index >= 15 is 0 Å². The average Bonchev–Trinajstić information content (AvgIpc) is 2.72. The van der Waals surface area contributed by atoms with Gasteiger partial charge in [0.2, 0.25) is 0 Å². The molecule has 18 heavy (non-hydrogen) atoms. The summed E-state index contributed by atoms with van der Waals surface area (Å²) in [5, 5.41) is 1.13. The van der Waals surface area contributed by atoms with E-state index in [-0.39, 0.29) is 0 Å². The van der Waals surface area contributed by atoms with E-state index in [0.29, 0.717) is 5.92 Å². The molecule has 3 heteroatoms. The second-order valence-electron chi connectivity index (χ2n) is 4.79. The van der Waals surface area contributed by atoms with Crippen LogP contribution in [0.4, 0.5) is 0 Å². The normalized spacial score (nSPS) is 12.7. The maximum atomic E-state index is 5.67. The summed E-state index contributed by atoms with van der Waals surface area (Å²) in [7, 11) is 0. The lowest BCUT2D eigenvalue weighted by Crippen LogP contribution is -2.04. The minimum absolute atomic E-state index is 0.483. The van der Waals surface area contributed by atoms with Crippen LogP contribution in [-0.2, 0) is 0 Å². The van der Waals surface area contributed by atoms with Gasteiger partial charge in [0, 0.05) is 10.4 Å². The van der Waals surface area contributed by atoms with Crippen molar-refractivity contribution in [3.8, 4) is 11.3 Å². The first-order valence-corrected chi connectivity index (χ1v) is 7.18. The lowest BCUT2D eigenvalue weighted by Gasteiger charge is -2.10. The van der Waals surface area contributed by atoms with Gasteiger partial charge in [-0.05, 0) is 38.8 Å². The Labute approximate surface area is 113 Å².